The number of ether oxygens (including phenoxy) is 2. The van der Waals surface area contributed by atoms with Gasteiger partial charge < -0.3 is 14.6 Å². The maximum atomic E-state index is 12.5. The largest absolute Gasteiger partial charge is 0.497 e. The van der Waals surface area contributed by atoms with Gasteiger partial charge in [-0.15, -0.1) is 0 Å². The summed E-state index contributed by atoms with van der Waals surface area (Å²) in [5.74, 6) is 0.794. The summed E-state index contributed by atoms with van der Waals surface area (Å²) >= 11 is 0. The van der Waals surface area contributed by atoms with Crippen molar-refractivity contribution in [3.63, 3.8) is 0 Å². The van der Waals surface area contributed by atoms with E-state index in [9.17, 15) is 9.59 Å². The summed E-state index contributed by atoms with van der Waals surface area (Å²) in [4.78, 5) is 24.8. The van der Waals surface area contributed by atoms with E-state index >= 15 is 0 Å². The van der Waals surface area contributed by atoms with E-state index in [1.807, 2.05) is 0 Å². The van der Waals surface area contributed by atoms with Crippen LogP contribution in [0.5, 0.6) is 11.5 Å². The molecule has 0 spiro atoms. The lowest BCUT2D eigenvalue weighted by atomic mass is 10.0. The van der Waals surface area contributed by atoms with Gasteiger partial charge >= 0.3 is 6.09 Å². The number of ketones is 1. The van der Waals surface area contributed by atoms with Crippen LogP contribution in [0, 0.1) is 0 Å². The number of likely N-dealkylation sites (tertiary alicyclic amines) is 1. The van der Waals surface area contributed by atoms with Crippen LogP contribution in [0.4, 0.5) is 4.79 Å². The molecule has 1 amide bonds. The summed E-state index contributed by atoms with van der Waals surface area (Å²) in [5.41, 5.74) is 0.402. The molecule has 1 aliphatic heterocycles. The number of methoxy groups -OCH3 is 2. The number of carbonyl (C=O) groups is 2. The minimum atomic E-state index is -1.06. The molecule has 20 heavy (non-hydrogen) atoms. The Morgan fingerprint density at radius 1 is 1.20 bits per heavy atom. The van der Waals surface area contributed by atoms with Crippen LogP contribution in [-0.2, 0) is 0 Å². The molecule has 1 fully saturated rings. The fourth-order valence-corrected chi connectivity index (χ4v) is 2.41. The first-order chi connectivity index (χ1) is 9.56. The summed E-state index contributed by atoms with van der Waals surface area (Å²) in [7, 11) is 3.00. The molecule has 0 unspecified atom stereocenters. The second kappa shape index (κ2) is 5.81. The average molecular weight is 279 g/mol. The summed E-state index contributed by atoms with van der Waals surface area (Å²) in [6.45, 7) is 0.396. The van der Waals surface area contributed by atoms with E-state index in [4.69, 9.17) is 14.6 Å². The topological polar surface area (TPSA) is 76.1 Å². The molecular weight excluding hydrogens is 262 g/mol. The van der Waals surface area contributed by atoms with Crippen LogP contribution in [0.2, 0.25) is 0 Å². The number of carbonyl (C=O) groups excluding carboxylic acids is 1. The van der Waals surface area contributed by atoms with Gasteiger partial charge in [0.1, 0.15) is 11.5 Å². The highest BCUT2D eigenvalue weighted by Crippen LogP contribution is 2.27. The zero-order valence-electron chi connectivity index (χ0n) is 11.5. The number of hydrogen-bond acceptors (Lipinski definition) is 4. The Morgan fingerprint density at radius 2 is 1.80 bits per heavy atom. The third kappa shape index (κ3) is 2.68. The molecule has 0 radical (unpaired) electrons. The van der Waals surface area contributed by atoms with Gasteiger partial charge in [-0.2, -0.15) is 0 Å². The molecular formula is C14H17NO5. The van der Waals surface area contributed by atoms with Crippen LogP contribution in [0.25, 0.3) is 0 Å². The zero-order chi connectivity index (χ0) is 14.7. The SMILES string of the molecule is COc1cc(OC)cc(C(=O)[C@@H]2CCCN2C(=O)O)c1. The maximum absolute atomic E-state index is 12.5. The van der Waals surface area contributed by atoms with Gasteiger partial charge in [0.15, 0.2) is 5.78 Å². The Labute approximate surface area is 116 Å². The maximum Gasteiger partial charge on any atom is 0.407 e. The zero-order valence-corrected chi connectivity index (χ0v) is 11.5. The van der Waals surface area contributed by atoms with Crippen molar-refractivity contribution in [1.82, 2.24) is 4.90 Å². The normalized spacial score (nSPS) is 17.9. The van der Waals surface area contributed by atoms with Crippen LogP contribution >= 0.6 is 0 Å². The van der Waals surface area contributed by atoms with Gasteiger partial charge in [0, 0.05) is 18.2 Å². The van der Waals surface area contributed by atoms with E-state index in [1.165, 1.54) is 19.1 Å². The Hall–Kier alpha value is -2.24. The summed E-state index contributed by atoms with van der Waals surface area (Å²) in [5, 5.41) is 9.11. The molecule has 6 heteroatoms. The Morgan fingerprint density at radius 3 is 2.30 bits per heavy atom. The van der Waals surface area contributed by atoms with E-state index in [1.54, 1.807) is 18.2 Å². The standard InChI is InChI=1S/C14H17NO5/c1-19-10-6-9(7-11(8-10)20-2)13(16)12-4-3-5-15(12)14(17)18/h6-8,12H,3-5H2,1-2H3,(H,17,18)/t12-/m0/s1. The van der Waals surface area contributed by atoms with Crippen molar-refractivity contribution in [2.24, 2.45) is 0 Å². The number of hydrogen-bond donors (Lipinski definition) is 1. The van der Waals surface area contributed by atoms with Gasteiger partial charge in [-0.05, 0) is 25.0 Å². The van der Waals surface area contributed by atoms with Gasteiger partial charge in [-0.3, -0.25) is 9.69 Å². The molecule has 0 saturated carbocycles. The predicted octanol–water partition coefficient (Wildman–Crippen LogP) is 2.03. The number of amides is 1. The lowest BCUT2D eigenvalue weighted by Crippen LogP contribution is -2.39. The van der Waals surface area contributed by atoms with Crippen LogP contribution < -0.4 is 9.47 Å². The molecule has 1 atom stereocenters. The molecule has 1 aromatic rings. The molecule has 1 aliphatic rings. The number of carboxylic acid groups (broad SMARTS) is 1. The van der Waals surface area contributed by atoms with Crippen molar-refractivity contribution in [3.8, 4) is 11.5 Å². The van der Waals surface area contributed by atoms with Crippen molar-refractivity contribution >= 4 is 11.9 Å². The van der Waals surface area contributed by atoms with E-state index in [0.717, 1.165) is 0 Å². The fraction of sp³-hybridized carbons (Fsp3) is 0.429. The number of nitrogens with zero attached hydrogens (tertiary/aromatic N) is 1. The second-order valence-electron chi connectivity index (χ2n) is 4.60. The second-order valence-corrected chi connectivity index (χ2v) is 4.60. The van der Waals surface area contributed by atoms with Gasteiger partial charge in [0.05, 0.1) is 20.3 Å². The smallest absolute Gasteiger partial charge is 0.407 e. The molecule has 2 rings (SSSR count). The Kier molecular flexibility index (Phi) is 4.12. The quantitative estimate of drug-likeness (QED) is 0.853. The van der Waals surface area contributed by atoms with Crippen molar-refractivity contribution in [1.29, 1.82) is 0 Å². The summed E-state index contributed by atoms with van der Waals surface area (Å²) in [6.07, 6.45) is 0.185. The monoisotopic (exact) mass is 279 g/mol. The molecule has 1 heterocycles. The molecule has 0 aliphatic carbocycles. The molecule has 1 saturated heterocycles. The average Bonchev–Trinajstić information content (AvgIpc) is 2.95. The molecule has 0 bridgehead atoms. The molecule has 6 nitrogen and oxygen atoms in total. The van der Waals surface area contributed by atoms with Crippen molar-refractivity contribution in [2.45, 2.75) is 18.9 Å². The van der Waals surface area contributed by atoms with Crippen LogP contribution in [0.15, 0.2) is 18.2 Å². The first-order valence-electron chi connectivity index (χ1n) is 6.33. The van der Waals surface area contributed by atoms with Crippen LogP contribution in [0.3, 0.4) is 0 Å². The first-order valence-corrected chi connectivity index (χ1v) is 6.33. The van der Waals surface area contributed by atoms with Gasteiger partial charge in [-0.25, -0.2) is 4.79 Å². The van der Waals surface area contributed by atoms with E-state index in [0.29, 0.717) is 36.4 Å². The molecule has 0 aromatic heterocycles. The van der Waals surface area contributed by atoms with Crippen molar-refractivity contribution in [3.05, 3.63) is 23.8 Å². The molecule has 1 N–H and O–H groups in total. The Bertz CT molecular complexity index is 506. The number of rotatable bonds is 4. The van der Waals surface area contributed by atoms with E-state index < -0.39 is 12.1 Å². The highest BCUT2D eigenvalue weighted by atomic mass is 16.5. The molecule has 108 valence electrons. The third-order valence-corrected chi connectivity index (χ3v) is 3.44. The lowest BCUT2D eigenvalue weighted by Gasteiger charge is -2.20. The minimum absolute atomic E-state index is 0.220. The van der Waals surface area contributed by atoms with Crippen LogP contribution in [-0.4, -0.2) is 48.7 Å². The minimum Gasteiger partial charge on any atom is -0.497 e. The lowest BCUT2D eigenvalue weighted by molar-refractivity contribution is 0.0844. The van der Waals surface area contributed by atoms with Crippen molar-refractivity contribution < 1.29 is 24.2 Å². The van der Waals surface area contributed by atoms with E-state index in [2.05, 4.69) is 0 Å². The summed E-state index contributed by atoms with van der Waals surface area (Å²) in [6, 6.07) is 4.25. The van der Waals surface area contributed by atoms with Gasteiger partial charge in [0.25, 0.3) is 0 Å². The first kappa shape index (κ1) is 14.2. The van der Waals surface area contributed by atoms with E-state index in [-0.39, 0.29) is 5.78 Å². The Balaban J connectivity index is 2.30. The summed E-state index contributed by atoms with van der Waals surface area (Å²) < 4.78 is 10.2. The third-order valence-electron chi connectivity index (χ3n) is 3.44. The predicted molar refractivity (Wildman–Crippen MR) is 71.6 cm³/mol. The van der Waals surface area contributed by atoms with Crippen LogP contribution in [0.1, 0.15) is 23.2 Å². The highest BCUT2D eigenvalue weighted by Gasteiger charge is 2.34. The molecule has 1 aromatic carbocycles. The highest BCUT2D eigenvalue weighted by molar-refractivity contribution is 6.02. The fourth-order valence-electron chi connectivity index (χ4n) is 2.41. The van der Waals surface area contributed by atoms with Gasteiger partial charge in [-0.1, -0.05) is 0 Å². The number of Topliss-reactive ketones (excluding diaryl/α,β-unsaturated/α-hetero) is 1. The number of benzene rings is 1. The van der Waals surface area contributed by atoms with Gasteiger partial charge in [0.2, 0.25) is 0 Å². The van der Waals surface area contributed by atoms with Crippen molar-refractivity contribution in [2.75, 3.05) is 20.8 Å².